The van der Waals surface area contributed by atoms with Crippen LogP contribution < -0.4 is 0 Å². The van der Waals surface area contributed by atoms with Crippen LogP contribution in [-0.4, -0.2) is 44.5 Å². The van der Waals surface area contributed by atoms with Gasteiger partial charge in [0, 0.05) is 0 Å². The van der Waals surface area contributed by atoms with Crippen LogP contribution in [-0.2, 0) is 9.47 Å². The molecule has 1 aromatic heterocycles. The summed E-state index contributed by atoms with van der Waals surface area (Å²) >= 11 is 1.18. The molecule has 0 aliphatic rings. The predicted octanol–water partition coefficient (Wildman–Crippen LogP) is 3.54. The van der Waals surface area contributed by atoms with Gasteiger partial charge in [-0.25, -0.2) is 14.6 Å². The Morgan fingerprint density at radius 1 is 1.22 bits per heavy atom. The van der Waals surface area contributed by atoms with Crippen molar-refractivity contribution in [1.82, 2.24) is 9.97 Å². The van der Waals surface area contributed by atoms with Crippen LogP contribution in [0, 0.1) is 0 Å². The first-order valence-electron chi connectivity index (χ1n) is 6.91. The van der Waals surface area contributed by atoms with Gasteiger partial charge in [-0.05, 0) is 43.2 Å². The summed E-state index contributed by atoms with van der Waals surface area (Å²) in [6.45, 7) is 0.0738. The van der Waals surface area contributed by atoms with Gasteiger partial charge in [0.15, 0.2) is 10.6 Å². The maximum absolute atomic E-state index is 10.8. The average molecular weight is 340 g/mol. The number of unbranched alkanes of at least 4 members (excludes halogenated alkanes) is 1. The highest BCUT2D eigenvalue weighted by molar-refractivity contribution is 7.99. The van der Waals surface area contributed by atoms with E-state index < -0.39 is 17.7 Å². The Hall–Kier alpha value is -2.42. The SMILES string of the molecule is O=C(O)OCCCCC(OC(=O)O)Sc1nc2ccccc2[nH]1. The number of ether oxygens (including phenoxy) is 2. The van der Waals surface area contributed by atoms with Crippen molar-refractivity contribution < 1.29 is 29.3 Å². The molecule has 0 aliphatic carbocycles. The largest absolute Gasteiger partial charge is 0.506 e. The third-order valence-corrected chi connectivity index (χ3v) is 3.91. The molecule has 0 saturated heterocycles. The van der Waals surface area contributed by atoms with Crippen LogP contribution in [0.2, 0.25) is 0 Å². The van der Waals surface area contributed by atoms with Crippen LogP contribution in [0.5, 0.6) is 0 Å². The van der Waals surface area contributed by atoms with Gasteiger partial charge in [0.1, 0.15) is 0 Å². The van der Waals surface area contributed by atoms with Gasteiger partial charge in [0.05, 0.1) is 17.6 Å². The molecule has 124 valence electrons. The molecule has 8 nitrogen and oxygen atoms in total. The zero-order valence-corrected chi connectivity index (χ0v) is 12.9. The first-order valence-corrected chi connectivity index (χ1v) is 7.79. The number of rotatable bonds is 8. The maximum Gasteiger partial charge on any atom is 0.506 e. The van der Waals surface area contributed by atoms with Crippen molar-refractivity contribution in [2.24, 2.45) is 0 Å². The molecule has 3 N–H and O–H groups in total. The van der Waals surface area contributed by atoms with E-state index in [0.29, 0.717) is 24.4 Å². The Labute approximate surface area is 135 Å². The number of nitrogens with zero attached hydrogens (tertiary/aromatic N) is 1. The van der Waals surface area contributed by atoms with E-state index in [-0.39, 0.29) is 6.61 Å². The van der Waals surface area contributed by atoms with Crippen molar-refractivity contribution in [2.45, 2.75) is 29.9 Å². The van der Waals surface area contributed by atoms with Crippen molar-refractivity contribution in [1.29, 1.82) is 0 Å². The monoisotopic (exact) mass is 340 g/mol. The Morgan fingerprint density at radius 2 is 2.00 bits per heavy atom. The molecular formula is C14H16N2O6S. The molecule has 0 amide bonds. The summed E-state index contributed by atoms with van der Waals surface area (Å²) in [4.78, 5) is 28.5. The molecule has 0 fully saturated rings. The fourth-order valence-corrected chi connectivity index (χ4v) is 2.92. The summed E-state index contributed by atoms with van der Waals surface area (Å²) < 4.78 is 9.24. The summed E-state index contributed by atoms with van der Waals surface area (Å²) in [7, 11) is 0. The minimum absolute atomic E-state index is 0.0738. The Balaban J connectivity index is 1.89. The molecule has 2 aromatic rings. The molecule has 1 aromatic carbocycles. The van der Waals surface area contributed by atoms with Crippen LogP contribution in [0.1, 0.15) is 19.3 Å². The van der Waals surface area contributed by atoms with Gasteiger partial charge in [0.2, 0.25) is 0 Å². The molecule has 2 rings (SSSR count). The van der Waals surface area contributed by atoms with Gasteiger partial charge in [-0.3, -0.25) is 0 Å². The minimum atomic E-state index is -1.36. The first kappa shape index (κ1) is 16.9. The van der Waals surface area contributed by atoms with Crippen molar-refractivity contribution in [2.75, 3.05) is 6.61 Å². The van der Waals surface area contributed by atoms with Crippen LogP contribution in [0.4, 0.5) is 9.59 Å². The fraction of sp³-hybridized carbons (Fsp3) is 0.357. The summed E-state index contributed by atoms with van der Waals surface area (Å²) in [6.07, 6.45) is -1.19. The van der Waals surface area contributed by atoms with E-state index in [4.69, 9.17) is 14.9 Å². The second-order valence-corrected chi connectivity index (χ2v) is 5.75. The average Bonchev–Trinajstić information content (AvgIpc) is 2.87. The molecule has 0 radical (unpaired) electrons. The number of thioether (sulfide) groups is 1. The third-order valence-electron chi connectivity index (χ3n) is 2.90. The van der Waals surface area contributed by atoms with Crippen molar-refractivity contribution in [3.05, 3.63) is 24.3 Å². The van der Waals surface area contributed by atoms with Crippen molar-refractivity contribution in [3.8, 4) is 0 Å². The van der Waals surface area contributed by atoms with E-state index in [1.807, 2.05) is 24.3 Å². The van der Waals surface area contributed by atoms with Crippen molar-refractivity contribution in [3.63, 3.8) is 0 Å². The first-order chi connectivity index (χ1) is 11.0. The number of aromatic amines is 1. The minimum Gasteiger partial charge on any atom is -0.450 e. The van der Waals surface area contributed by atoms with E-state index in [1.54, 1.807) is 0 Å². The second kappa shape index (κ2) is 8.28. The van der Waals surface area contributed by atoms with Gasteiger partial charge < -0.3 is 24.7 Å². The number of hydrogen-bond acceptors (Lipinski definition) is 6. The fourth-order valence-electron chi connectivity index (χ4n) is 1.94. The Morgan fingerprint density at radius 3 is 2.70 bits per heavy atom. The molecule has 9 heteroatoms. The number of para-hydroxylation sites is 2. The topological polar surface area (TPSA) is 122 Å². The Kier molecular flexibility index (Phi) is 6.10. The van der Waals surface area contributed by atoms with Crippen LogP contribution >= 0.6 is 11.8 Å². The molecule has 23 heavy (non-hydrogen) atoms. The van der Waals surface area contributed by atoms with E-state index in [9.17, 15) is 9.59 Å². The highest BCUT2D eigenvalue weighted by Gasteiger charge is 2.17. The number of benzene rings is 1. The number of H-pyrrole nitrogens is 1. The van der Waals surface area contributed by atoms with Crippen LogP contribution in [0.15, 0.2) is 29.4 Å². The van der Waals surface area contributed by atoms with Crippen molar-refractivity contribution >= 4 is 35.1 Å². The quantitative estimate of drug-likeness (QED) is 0.289. The Bertz CT molecular complexity index is 641. The zero-order chi connectivity index (χ0) is 16.7. The molecular weight excluding hydrogens is 324 g/mol. The van der Waals surface area contributed by atoms with Crippen LogP contribution in [0.3, 0.4) is 0 Å². The standard InChI is InChI=1S/C14H16N2O6S/c17-13(18)21-8-4-3-7-11(22-14(19)20)23-12-15-9-5-1-2-6-10(9)16-12/h1-2,5-6,11H,3-4,7-8H2,(H,15,16)(H,17,18)(H,19,20). The number of fused-ring (bicyclic) bond motifs is 1. The van der Waals surface area contributed by atoms with Gasteiger partial charge in [-0.15, -0.1) is 0 Å². The second-order valence-electron chi connectivity index (χ2n) is 4.60. The lowest BCUT2D eigenvalue weighted by molar-refractivity contribution is 0.0764. The number of carbonyl (C=O) groups is 2. The number of aromatic nitrogens is 2. The number of carboxylic acid groups (broad SMARTS) is 2. The lowest BCUT2D eigenvalue weighted by Gasteiger charge is -2.13. The van der Waals surface area contributed by atoms with Gasteiger partial charge in [-0.1, -0.05) is 12.1 Å². The molecule has 1 unspecified atom stereocenters. The summed E-state index contributed by atoms with van der Waals surface area (Å²) in [6, 6.07) is 7.48. The third kappa shape index (κ3) is 5.70. The molecule has 0 bridgehead atoms. The molecule has 0 spiro atoms. The number of nitrogens with one attached hydrogen (secondary N) is 1. The van der Waals surface area contributed by atoms with Gasteiger partial charge >= 0.3 is 12.3 Å². The van der Waals surface area contributed by atoms with Gasteiger partial charge in [-0.2, -0.15) is 0 Å². The van der Waals surface area contributed by atoms with E-state index in [0.717, 1.165) is 11.0 Å². The normalized spacial score (nSPS) is 12.0. The zero-order valence-electron chi connectivity index (χ0n) is 12.1. The molecule has 1 heterocycles. The summed E-state index contributed by atoms with van der Waals surface area (Å²) in [5, 5.41) is 17.7. The molecule has 0 saturated carbocycles. The summed E-state index contributed by atoms with van der Waals surface area (Å²) in [5.74, 6) is 0. The van der Waals surface area contributed by atoms with E-state index in [2.05, 4.69) is 14.7 Å². The lowest BCUT2D eigenvalue weighted by atomic mass is 10.2. The van der Waals surface area contributed by atoms with E-state index in [1.165, 1.54) is 11.8 Å². The number of hydrogen-bond donors (Lipinski definition) is 3. The molecule has 1 atom stereocenters. The highest BCUT2D eigenvalue weighted by atomic mass is 32.2. The molecule has 0 aliphatic heterocycles. The number of imidazole rings is 1. The van der Waals surface area contributed by atoms with Crippen LogP contribution in [0.25, 0.3) is 11.0 Å². The maximum atomic E-state index is 10.8. The lowest BCUT2D eigenvalue weighted by Crippen LogP contribution is -2.14. The highest BCUT2D eigenvalue weighted by Crippen LogP contribution is 2.27. The van der Waals surface area contributed by atoms with Gasteiger partial charge in [0.25, 0.3) is 0 Å². The summed E-state index contributed by atoms with van der Waals surface area (Å²) in [5.41, 5.74) is 1.02. The van der Waals surface area contributed by atoms with E-state index >= 15 is 0 Å². The smallest absolute Gasteiger partial charge is 0.450 e. The predicted molar refractivity (Wildman–Crippen MR) is 82.7 cm³/mol.